The molecule has 1 unspecified atom stereocenters. The number of sulfonamides is 1. The van der Waals surface area contributed by atoms with Crippen molar-refractivity contribution in [3.63, 3.8) is 0 Å². The zero-order chi connectivity index (χ0) is 15.5. The highest BCUT2D eigenvalue weighted by molar-refractivity contribution is 7.89. The van der Waals surface area contributed by atoms with Crippen LogP contribution in [0.1, 0.15) is 31.9 Å². The van der Waals surface area contributed by atoms with Crippen molar-refractivity contribution in [3.8, 4) is 0 Å². The molecule has 0 aromatic heterocycles. The average Bonchev–Trinajstić information content (AvgIpc) is 2.67. The van der Waals surface area contributed by atoms with Gasteiger partial charge < -0.3 is 5.32 Å². The lowest BCUT2D eigenvalue weighted by Gasteiger charge is -2.25. The maximum absolute atomic E-state index is 12.7. The van der Waals surface area contributed by atoms with Crippen molar-refractivity contribution < 1.29 is 8.42 Å². The van der Waals surface area contributed by atoms with E-state index in [4.69, 9.17) is 0 Å². The minimum absolute atomic E-state index is 0.302. The summed E-state index contributed by atoms with van der Waals surface area (Å²) in [4.78, 5) is 0. The number of hydrogen-bond acceptors (Lipinski definition) is 3. The molecule has 0 amide bonds. The summed E-state index contributed by atoms with van der Waals surface area (Å²) < 4.78 is 27.0. The summed E-state index contributed by atoms with van der Waals surface area (Å²) in [5.41, 5.74) is 2.56. The first-order valence-corrected chi connectivity index (χ1v) is 9.20. The van der Waals surface area contributed by atoms with Gasteiger partial charge in [0, 0.05) is 25.7 Å². The molecule has 21 heavy (non-hydrogen) atoms. The third-order valence-electron chi connectivity index (χ3n) is 4.06. The van der Waals surface area contributed by atoms with Gasteiger partial charge in [0.1, 0.15) is 0 Å². The molecule has 0 radical (unpaired) electrons. The average molecular weight is 310 g/mol. The minimum Gasteiger partial charge on any atom is -0.313 e. The summed E-state index contributed by atoms with van der Waals surface area (Å²) in [6, 6.07) is 8.57. The van der Waals surface area contributed by atoms with Crippen molar-refractivity contribution in [2.75, 3.05) is 19.6 Å². The van der Waals surface area contributed by atoms with E-state index in [1.54, 1.807) is 11.2 Å². The molecule has 1 aromatic rings. The van der Waals surface area contributed by atoms with Crippen LogP contribution in [0.3, 0.4) is 0 Å². The first-order chi connectivity index (χ1) is 9.91. The Morgan fingerprint density at radius 3 is 2.10 bits per heavy atom. The van der Waals surface area contributed by atoms with Crippen molar-refractivity contribution in [2.45, 2.75) is 44.9 Å². The van der Waals surface area contributed by atoms with Gasteiger partial charge in [0.05, 0.1) is 5.25 Å². The summed E-state index contributed by atoms with van der Waals surface area (Å²) in [6.07, 6.45) is 1.61. The molecule has 0 aliphatic carbocycles. The van der Waals surface area contributed by atoms with Crippen LogP contribution >= 0.6 is 0 Å². The van der Waals surface area contributed by atoms with Crippen LogP contribution in [0.15, 0.2) is 24.3 Å². The van der Waals surface area contributed by atoms with Crippen molar-refractivity contribution in [1.82, 2.24) is 9.62 Å². The lowest BCUT2D eigenvalue weighted by molar-refractivity contribution is 0.415. The van der Waals surface area contributed by atoms with Crippen LogP contribution in [-0.4, -0.2) is 43.6 Å². The standard InChI is InChI=1S/C16H26N2O2S/c1-13(2)17-12-14(3)21(19,20)18-10-8-15-6-4-5-7-16(15)9-11-18/h4-7,13-14,17H,8-12H2,1-3H3. The highest BCUT2D eigenvalue weighted by atomic mass is 32.2. The van der Waals surface area contributed by atoms with Crippen LogP contribution in [0, 0.1) is 0 Å². The van der Waals surface area contributed by atoms with Crippen LogP contribution in [0.4, 0.5) is 0 Å². The van der Waals surface area contributed by atoms with E-state index in [9.17, 15) is 8.42 Å². The van der Waals surface area contributed by atoms with E-state index in [1.807, 2.05) is 26.0 Å². The molecule has 1 aliphatic rings. The Morgan fingerprint density at radius 2 is 1.62 bits per heavy atom. The second-order valence-electron chi connectivity index (χ2n) is 6.09. The maximum Gasteiger partial charge on any atom is 0.217 e. The molecule has 1 atom stereocenters. The van der Waals surface area contributed by atoms with E-state index >= 15 is 0 Å². The van der Waals surface area contributed by atoms with Crippen LogP contribution in [0.2, 0.25) is 0 Å². The van der Waals surface area contributed by atoms with Crippen LogP contribution in [-0.2, 0) is 22.9 Å². The van der Waals surface area contributed by atoms with Gasteiger partial charge in [-0.3, -0.25) is 0 Å². The summed E-state index contributed by atoms with van der Waals surface area (Å²) >= 11 is 0. The number of hydrogen-bond donors (Lipinski definition) is 1. The Hall–Kier alpha value is -0.910. The van der Waals surface area contributed by atoms with Crippen molar-refractivity contribution in [3.05, 3.63) is 35.4 Å². The van der Waals surface area contributed by atoms with Gasteiger partial charge in [-0.2, -0.15) is 0 Å². The van der Waals surface area contributed by atoms with Gasteiger partial charge in [0.15, 0.2) is 0 Å². The quantitative estimate of drug-likeness (QED) is 0.902. The fraction of sp³-hybridized carbons (Fsp3) is 0.625. The second kappa shape index (κ2) is 6.90. The third-order valence-corrected chi connectivity index (χ3v) is 6.33. The first kappa shape index (κ1) is 16.5. The normalized spacial score (nSPS) is 18.3. The van der Waals surface area contributed by atoms with Crippen molar-refractivity contribution >= 4 is 10.0 Å². The summed E-state index contributed by atoms with van der Waals surface area (Å²) in [5, 5.41) is 2.83. The molecule has 2 rings (SSSR count). The molecule has 0 saturated heterocycles. The largest absolute Gasteiger partial charge is 0.313 e. The Kier molecular flexibility index (Phi) is 5.41. The molecule has 1 N–H and O–H groups in total. The number of rotatable bonds is 5. The SMILES string of the molecule is CC(C)NCC(C)S(=O)(=O)N1CCc2ccccc2CC1. The van der Waals surface area contributed by atoms with E-state index in [2.05, 4.69) is 17.4 Å². The van der Waals surface area contributed by atoms with Gasteiger partial charge in [-0.1, -0.05) is 38.1 Å². The van der Waals surface area contributed by atoms with Crippen LogP contribution in [0.25, 0.3) is 0 Å². The van der Waals surface area contributed by atoms with E-state index in [1.165, 1.54) is 11.1 Å². The van der Waals surface area contributed by atoms with Gasteiger partial charge >= 0.3 is 0 Å². The molecule has 0 saturated carbocycles. The van der Waals surface area contributed by atoms with Crippen LogP contribution < -0.4 is 5.32 Å². The molecular formula is C16H26N2O2S. The molecule has 4 nitrogen and oxygen atoms in total. The Bertz CT molecular complexity index is 542. The van der Waals surface area contributed by atoms with Gasteiger partial charge in [0.2, 0.25) is 10.0 Å². The topological polar surface area (TPSA) is 49.4 Å². The third kappa shape index (κ3) is 4.05. The zero-order valence-corrected chi connectivity index (χ0v) is 14.0. The monoisotopic (exact) mass is 310 g/mol. The smallest absolute Gasteiger partial charge is 0.217 e. The number of nitrogens with zero attached hydrogens (tertiary/aromatic N) is 1. The van der Waals surface area contributed by atoms with E-state index in [0.717, 1.165) is 12.8 Å². The molecule has 0 spiro atoms. The molecule has 0 bridgehead atoms. The lowest BCUT2D eigenvalue weighted by atomic mass is 10.0. The van der Waals surface area contributed by atoms with Crippen LogP contribution in [0.5, 0.6) is 0 Å². The van der Waals surface area contributed by atoms with Gasteiger partial charge in [-0.15, -0.1) is 0 Å². The fourth-order valence-corrected chi connectivity index (χ4v) is 4.17. The summed E-state index contributed by atoms with van der Waals surface area (Å²) in [7, 11) is -3.23. The molecule has 0 fully saturated rings. The van der Waals surface area contributed by atoms with E-state index < -0.39 is 10.0 Å². The Labute approximate surface area is 128 Å². The number of nitrogens with one attached hydrogen (secondary N) is 1. The summed E-state index contributed by atoms with van der Waals surface area (Å²) in [5.74, 6) is 0. The molecule has 5 heteroatoms. The molecule has 118 valence electrons. The second-order valence-corrected chi connectivity index (χ2v) is 8.44. The molecule has 1 aliphatic heterocycles. The van der Waals surface area contributed by atoms with E-state index in [-0.39, 0.29) is 5.25 Å². The van der Waals surface area contributed by atoms with E-state index in [0.29, 0.717) is 25.7 Å². The highest BCUT2D eigenvalue weighted by Crippen LogP contribution is 2.19. The molecule has 1 aromatic carbocycles. The fourth-order valence-electron chi connectivity index (χ4n) is 2.66. The zero-order valence-electron chi connectivity index (χ0n) is 13.2. The lowest BCUT2D eigenvalue weighted by Crippen LogP contribution is -2.44. The van der Waals surface area contributed by atoms with Crippen molar-refractivity contribution in [1.29, 1.82) is 0 Å². The number of benzene rings is 1. The summed E-state index contributed by atoms with van der Waals surface area (Å²) in [6.45, 7) is 7.53. The minimum atomic E-state index is -3.23. The predicted molar refractivity (Wildman–Crippen MR) is 86.9 cm³/mol. The highest BCUT2D eigenvalue weighted by Gasteiger charge is 2.29. The van der Waals surface area contributed by atoms with Gasteiger partial charge in [-0.25, -0.2) is 12.7 Å². The Morgan fingerprint density at radius 1 is 1.10 bits per heavy atom. The van der Waals surface area contributed by atoms with Crippen molar-refractivity contribution in [2.24, 2.45) is 0 Å². The Balaban J connectivity index is 2.05. The predicted octanol–water partition coefficient (Wildman–Crippen LogP) is 1.80. The van der Waals surface area contributed by atoms with Gasteiger partial charge in [0.25, 0.3) is 0 Å². The first-order valence-electron chi connectivity index (χ1n) is 7.70. The molecular weight excluding hydrogens is 284 g/mol. The maximum atomic E-state index is 12.7. The molecule has 1 heterocycles. The van der Waals surface area contributed by atoms with Gasteiger partial charge in [-0.05, 0) is 30.9 Å². The number of fused-ring (bicyclic) bond motifs is 1.